The predicted octanol–water partition coefficient (Wildman–Crippen LogP) is 3.20. The van der Waals surface area contributed by atoms with E-state index in [1.54, 1.807) is 48.5 Å². The molecule has 2 heterocycles. The van der Waals surface area contributed by atoms with Gasteiger partial charge >= 0.3 is 5.63 Å². The Kier molecular flexibility index (Phi) is 5.47. The van der Waals surface area contributed by atoms with Gasteiger partial charge < -0.3 is 14.5 Å². The standard InChI is InChI=1S/C22H16FN3O4/c23-16-7-5-14(6-8-16)18-9-10-20(26-25-18)29-12-11-24-21(27)17-13-15-3-1-2-4-19(15)30-22(17)28/h1-10,13H,11-12H2,(H,24,27). The van der Waals surface area contributed by atoms with Gasteiger partial charge in [0, 0.05) is 17.0 Å². The topological polar surface area (TPSA) is 94.3 Å². The number of nitrogens with one attached hydrogen (secondary N) is 1. The highest BCUT2D eigenvalue weighted by molar-refractivity contribution is 5.96. The summed E-state index contributed by atoms with van der Waals surface area (Å²) in [4.78, 5) is 24.3. The monoisotopic (exact) mass is 405 g/mol. The molecule has 1 N–H and O–H groups in total. The van der Waals surface area contributed by atoms with Crippen molar-refractivity contribution >= 4 is 16.9 Å². The van der Waals surface area contributed by atoms with Crippen LogP contribution in [0.25, 0.3) is 22.2 Å². The molecule has 150 valence electrons. The van der Waals surface area contributed by atoms with Crippen LogP contribution in [-0.2, 0) is 0 Å². The second-order valence-corrected chi connectivity index (χ2v) is 6.35. The average molecular weight is 405 g/mol. The molecule has 0 bridgehead atoms. The third kappa shape index (κ3) is 4.33. The Morgan fingerprint density at radius 3 is 2.60 bits per heavy atom. The molecule has 30 heavy (non-hydrogen) atoms. The van der Waals surface area contributed by atoms with Crippen LogP contribution in [0.5, 0.6) is 5.88 Å². The van der Waals surface area contributed by atoms with Gasteiger partial charge in [0.15, 0.2) is 0 Å². The minimum Gasteiger partial charge on any atom is -0.475 e. The van der Waals surface area contributed by atoms with Gasteiger partial charge in [-0.05, 0) is 42.5 Å². The minimum atomic E-state index is -0.700. The molecule has 0 saturated heterocycles. The van der Waals surface area contributed by atoms with Gasteiger partial charge in [0.05, 0.1) is 12.2 Å². The summed E-state index contributed by atoms with van der Waals surface area (Å²) in [5, 5.41) is 11.3. The normalized spacial score (nSPS) is 10.7. The van der Waals surface area contributed by atoms with E-state index in [1.165, 1.54) is 18.2 Å². The van der Waals surface area contributed by atoms with Gasteiger partial charge in [-0.2, -0.15) is 0 Å². The third-order valence-electron chi connectivity index (χ3n) is 4.30. The summed E-state index contributed by atoms with van der Waals surface area (Å²) in [6.45, 7) is 0.293. The highest BCUT2D eigenvalue weighted by Gasteiger charge is 2.13. The Morgan fingerprint density at radius 2 is 1.83 bits per heavy atom. The van der Waals surface area contributed by atoms with Crippen molar-refractivity contribution in [1.82, 2.24) is 15.5 Å². The number of aromatic nitrogens is 2. The Bertz CT molecular complexity index is 1240. The van der Waals surface area contributed by atoms with Crippen molar-refractivity contribution in [3.8, 4) is 17.1 Å². The number of carbonyl (C=O) groups is 1. The maximum atomic E-state index is 13.0. The van der Waals surface area contributed by atoms with Gasteiger partial charge in [0.25, 0.3) is 5.91 Å². The van der Waals surface area contributed by atoms with Crippen LogP contribution < -0.4 is 15.7 Å². The smallest absolute Gasteiger partial charge is 0.349 e. The highest BCUT2D eigenvalue weighted by Crippen LogP contribution is 2.18. The van der Waals surface area contributed by atoms with Gasteiger partial charge in [0.1, 0.15) is 23.6 Å². The summed E-state index contributed by atoms with van der Waals surface area (Å²) in [6.07, 6.45) is 0. The fraction of sp³-hybridized carbons (Fsp3) is 0.0909. The van der Waals surface area contributed by atoms with E-state index in [0.717, 1.165) is 5.56 Å². The van der Waals surface area contributed by atoms with Crippen LogP contribution in [0.2, 0.25) is 0 Å². The second kappa shape index (κ2) is 8.52. The number of benzene rings is 2. The number of carbonyl (C=O) groups excluding carboxylic acids is 1. The van der Waals surface area contributed by atoms with Crippen molar-refractivity contribution in [3.63, 3.8) is 0 Å². The molecule has 0 aliphatic rings. The Morgan fingerprint density at radius 1 is 1.03 bits per heavy atom. The van der Waals surface area contributed by atoms with Crippen LogP contribution in [0.1, 0.15) is 10.4 Å². The number of ether oxygens (including phenoxy) is 1. The van der Waals surface area contributed by atoms with Crippen molar-refractivity contribution in [2.75, 3.05) is 13.2 Å². The molecule has 0 spiro atoms. The lowest BCUT2D eigenvalue weighted by atomic mass is 10.1. The highest BCUT2D eigenvalue weighted by atomic mass is 19.1. The van der Waals surface area contributed by atoms with Crippen molar-refractivity contribution < 1.29 is 18.3 Å². The van der Waals surface area contributed by atoms with Crippen LogP contribution >= 0.6 is 0 Å². The second-order valence-electron chi connectivity index (χ2n) is 6.35. The van der Waals surface area contributed by atoms with Crippen molar-refractivity contribution in [3.05, 3.63) is 88.5 Å². The summed E-state index contributed by atoms with van der Waals surface area (Å²) in [6, 6.07) is 17.7. The van der Waals surface area contributed by atoms with Gasteiger partial charge in [-0.25, -0.2) is 9.18 Å². The largest absolute Gasteiger partial charge is 0.475 e. The maximum Gasteiger partial charge on any atom is 0.349 e. The molecule has 0 aliphatic carbocycles. The number of halogens is 1. The lowest BCUT2D eigenvalue weighted by Crippen LogP contribution is -2.31. The number of para-hydroxylation sites is 1. The lowest BCUT2D eigenvalue weighted by molar-refractivity contribution is 0.0943. The van der Waals surface area contributed by atoms with Gasteiger partial charge in [0.2, 0.25) is 5.88 Å². The number of rotatable bonds is 6. The van der Waals surface area contributed by atoms with E-state index >= 15 is 0 Å². The van der Waals surface area contributed by atoms with Gasteiger partial charge in [-0.15, -0.1) is 10.2 Å². The van der Waals surface area contributed by atoms with E-state index in [9.17, 15) is 14.0 Å². The Hall–Kier alpha value is -4.07. The van der Waals surface area contributed by atoms with Crippen molar-refractivity contribution in [2.45, 2.75) is 0 Å². The SMILES string of the molecule is O=C(NCCOc1ccc(-c2ccc(F)cc2)nn1)c1cc2ccccc2oc1=O. The molecule has 0 atom stereocenters. The molecule has 4 rings (SSSR count). The molecule has 0 saturated carbocycles. The number of hydrogen-bond donors (Lipinski definition) is 1. The van der Waals surface area contributed by atoms with E-state index < -0.39 is 11.5 Å². The fourth-order valence-corrected chi connectivity index (χ4v) is 2.81. The first kappa shape index (κ1) is 19.3. The quantitative estimate of drug-likeness (QED) is 0.391. The molecule has 2 aromatic heterocycles. The van der Waals surface area contributed by atoms with E-state index in [2.05, 4.69) is 15.5 Å². The van der Waals surface area contributed by atoms with Crippen LogP contribution in [0.4, 0.5) is 4.39 Å². The van der Waals surface area contributed by atoms with Crippen molar-refractivity contribution in [2.24, 2.45) is 0 Å². The lowest BCUT2D eigenvalue weighted by Gasteiger charge is -2.07. The summed E-state index contributed by atoms with van der Waals surface area (Å²) in [7, 11) is 0. The Balaban J connectivity index is 1.31. The zero-order chi connectivity index (χ0) is 20.9. The van der Waals surface area contributed by atoms with Crippen LogP contribution in [0.15, 0.2) is 75.9 Å². The van der Waals surface area contributed by atoms with E-state index in [1.807, 2.05) is 0 Å². The molecule has 0 radical (unpaired) electrons. The van der Waals surface area contributed by atoms with E-state index in [-0.39, 0.29) is 30.4 Å². The van der Waals surface area contributed by atoms with E-state index in [0.29, 0.717) is 16.7 Å². The average Bonchev–Trinajstić information content (AvgIpc) is 2.77. The summed E-state index contributed by atoms with van der Waals surface area (Å²) in [5.41, 5.74) is 0.965. The summed E-state index contributed by atoms with van der Waals surface area (Å²) in [5.74, 6) is -0.591. The maximum absolute atomic E-state index is 13.0. The van der Waals surface area contributed by atoms with Gasteiger partial charge in [-0.3, -0.25) is 4.79 Å². The number of fused-ring (bicyclic) bond motifs is 1. The molecule has 0 unspecified atom stereocenters. The fourth-order valence-electron chi connectivity index (χ4n) is 2.81. The molecule has 0 fully saturated rings. The summed E-state index contributed by atoms with van der Waals surface area (Å²) < 4.78 is 23.6. The minimum absolute atomic E-state index is 0.0721. The molecular formula is C22H16FN3O4. The zero-order valence-corrected chi connectivity index (χ0v) is 15.7. The number of nitrogens with zero attached hydrogens (tertiary/aromatic N) is 2. The number of amides is 1. The van der Waals surface area contributed by atoms with Crippen molar-refractivity contribution in [1.29, 1.82) is 0 Å². The molecular weight excluding hydrogens is 389 g/mol. The molecule has 1 amide bonds. The first-order chi connectivity index (χ1) is 14.6. The van der Waals surface area contributed by atoms with Crippen LogP contribution in [0, 0.1) is 5.82 Å². The van der Waals surface area contributed by atoms with E-state index in [4.69, 9.17) is 9.15 Å². The van der Waals surface area contributed by atoms with Gasteiger partial charge in [-0.1, -0.05) is 18.2 Å². The molecule has 0 aliphatic heterocycles. The first-order valence-electron chi connectivity index (χ1n) is 9.14. The predicted molar refractivity (Wildman–Crippen MR) is 108 cm³/mol. The Labute approximate surface area is 170 Å². The zero-order valence-electron chi connectivity index (χ0n) is 15.7. The van der Waals surface area contributed by atoms with Crippen LogP contribution in [0.3, 0.4) is 0 Å². The molecule has 2 aromatic carbocycles. The molecule has 7 nitrogen and oxygen atoms in total. The third-order valence-corrected chi connectivity index (χ3v) is 4.30. The first-order valence-corrected chi connectivity index (χ1v) is 9.14. The molecule has 8 heteroatoms. The molecule has 4 aromatic rings. The summed E-state index contributed by atoms with van der Waals surface area (Å²) >= 11 is 0. The number of hydrogen-bond acceptors (Lipinski definition) is 6. The van der Waals surface area contributed by atoms with Crippen LogP contribution in [-0.4, -0.2) is 29.3 Å².